The Balaban J connectivity index is 1.88. The van der Waals surface area contributed by atoms with E-state index in [0.717, 1.165) is 4.88 Å². The highest BCUT2D eigenvalue weighted by molar-refractivity contribution is 8.26. The Hall–Kier alpha value is -1.18. The topological polar surface area (TPSA) is 49.4 Å². The molecular formula is C16H20N2O2S3. The molecule has 4 nitrogen and oxygen atoms in total. The summed E-state index contributed by atoms with van der Waals surface area (Å²) in [7, 11) is 0. The number of carbonyl (C=O) groups excluding carboxylic acids is 2. The number of thiocarbonyl (C=S) groups is 1. The van der Waals surface area contributed by atoms with Gasteiger partial charge in [-0.15, -0.1) is 11.3 Å². The van der Waals surface area contributed by atoms with Crippen LogP contribution < -0.4 is 5.32 Å². The third-order valence-corrected chi connectivity index (χ3v) is 5.19. The van der Waals surface area contributed by atoms with Gasteiger partial charge in [-0.3, -0.25) is 14.5 Å². The predicted octanol–water partition coefficient (Wildman–Crippen LogP) is 3.64. The van der Waals surface area contributed by atoms with Crippen molar-refractivity contribution < 1.29 is 9.59 Å². The Morgan fingerprint density at radius 2 is 2.17 bits per heavy atom. The molecule has 0 atom stereocenters. The second-order valence-electron chi connectivity index (χ2n) is 6.25. The molecule has 2 heterocycles. The molecule has 1 aliphatic rings. The van der Waals surface area contributed by atoms with Crippen molar-refractivity contribution in [2.75, 3.05) is 6.54 Å². The second-order valence-corrected chi connectivity index (χ2v) is 8.91. The molecule has 23 heavy (non-hydrogen) atoms. The highest BCUT2D eigenvalue weighted by Gasteiger charge is 2.31. The molecule has 1 aliphatic heterocycles. The fourth-order valence-electron chi connectivity index (χ4n) is 2.07. The van der Waals surface area contributed by atoms with Gasteiger partial charge in [0.2, 0.25) is 5.91 Å². The summed E-state index contributed by atoms with van der Waals surface area (Å²) in [4.78, 5) is 27.5. The van der Waals surface area contributed by atoms with Crippen LogP contribution in [0.2, 0.25) is 0 Å². The molecule has 124 valence electrons. The molecule has 0 aromatic carbocycles. The quantitative estimate of drug-likeness (QED) is 0.637. The normalized spacial score (nSPS) is 17.2. The Bertz CT molecular complexity index is 630. The molecule has 0 saturated carbocycles. The van der Waals surface area contributed by atoms with Crippen molar-refractivity contribution in [3.05, 3.63) is 27.3 Å². The first-order chi connectivity index (χ1) is 10.8. The van der Waals surface area contributed by atoms with Crippen LogP contribution in [0.1, 0.15) is 38.5 Å². The van der Waals surface area contributed by atoms with E-state index in [1.165, 1.54) is 11.8 Å². The zero-order valence-corrected chi connectivity index (χ0v) is 15.9. The maximum atomic E-state index is 12.4. The van der Waals surface area contributed by atoms with Crippen molar-refractivity contribution in [3.63, 3.8) is 0 Å². The summed E-state index contributed by atoms with van der Waals surface area (Å²) in [6.45, 7) is 6.32. The van der Waals surface area contributed by atoms with Crippen LogP contribution in [0.5, 0.6) is 0 Å². The van der Waals surface area contributed by atoms with E-state index in [-0.39, 0.29) is 17.4 Å². The molecule has 1 aromatic rings. The van der Waals surface area contributed by atoms with E-state index in [1.807, 2.05) is 44.4 Å². The van der Waals surface area contributed by atoms with Gasteiger partial charge in [0.15, 0.2) is 0 Å². The van der Waals surface area contributed by atoms with Gasteiger partial charge in [-0.2, -0.15) is 0 Å². The van der Waals surface area contributed by atoms with E-state index in [9.17, 15) is 9.59 Å². The minimum absolute atomic E-state index is 0.00271. The molecule has 2 amide bonds. The number of rotatable bonds is 5. The highest BCUT2D eigenvalue weighted by Crippen LogP contribution is 2.33. The third-order valence-electron chi connectivity index (χ3n) is 2.99. The van der Waals surface area contributed by atoms with E-state index in [1.54, 1.807) is 16.2 Å². The van der Waals surface area contributed by atoms with Gasteiger partial charge in [0.1, 0.15) is 4.32 Å². The molecule has 0 aliphatic carbocycles. The summed E-state index contributed by atoms with van der Waals surface area (Å²) in [6, 6.07) is 3.92. The second kappa shape index (κ2) is 7.59. The minimum Gasteiger partial charge on any atom is -0.352 e. The SMILES string of the molecule is CC(C)(C)NC(=O)CCCN1C(=O)/C(=C\c2cccs2)SC1=S. The number of hydrogen-bond acceptors (Lipinski definition) is 5. The van der Waals surface area contributed by atoms with Crippen LogP contribution >= 0.6 is 35.3 Å². The van der Waals surface area contributed by atoms with Crippen LogP contribution in [0.25, 0.3) is 6.08 Å². The summed E-state index contributed by atoms with van der Waals surface area (Å²) in [6.07, 6.45) is 2.86. The maximum Gasteiger partial charge on any atom is 0.266 e. The van der Waals surface area contributed by atoms with Crippen LogP contribution in [-0.2, 0) is 9.59 Å². The zero-order valence-electron chi connectivity index (χ0n) is 13.4. The Morgan fingerprint density at radius 3 is 2.78 bits per heavy atom. The van der Waals surface area contributed by atoms with Crippen LogP contribution in [0.3, 0.4) is 0 Å². The first-order valence-electron chi connectivity index (χ1n) is 7.36. The smallest absolute Gasteiger partial charge is 0.266 e. The van der Waals surface area contributed by atoms with E-state index in [0.29, 0.717) is 28.6 Å². The number of nitrogens with zero attached hydrogens (tertiary/aromatic N) is 1. The Labute approximate surface area is 150 Å². The van der Waals surface area contributed by atoms with Gasteiger partial charge >= 0.3 is 0 Å². The highest BCUT2D eigenvalue weighted by atomic mass is 32.2. The van der Waals surface area contributed by atoms with Gasteiger partial charge in [0.05, 0.1) is 4.91 Å². The van der Waals surface area contributed by atoms with Crippen LogP contribution in [-0.4, -0.2) is 33.1 Å². The van der Waals surface area contributed by atoms with Crippen molar-refractivity contribution in [2.24, 2.45) is 0 Å². The molecule has 0 spiro atoms. The standard InChI is InChI=1S/C16H20N2O2S3/c1-16(2,3)17-13(19)7-4-8-18-14(20)12(23-15(18)21)10-11-6-5-9-22-11/h5-6,9-10H,4,7-8H2,1-3H3,(H,17,19)/b12-10+. The molecule has 1 saturated heterocycles. The van der Waals surface area contributed by atoms with Gasteiger partial charge in [-0.05, 0) is 44.7 Å². The molecule has 1 N–H and O–H groups in total. The molecule has 0 radical (unpaired) electrons. The van der Waals surface area contributed by atoms with Crippen molar-refractivity contribution in [2.45, 2.75) is 39.2 Å². The largest absolute Gasteiger partial charge is 0.352 e. The van der Waals surface area contributed by atoms with Gasteiger partial charge in [-0.25, -0.2) is 0 Å². The summed E-state index contributed by atoms with van der Waals surface area (Å²) < 4.78 is 0.564. The fourth-order valence-corrected chi connectivity index (χ4v) is 4.11. The van der Waals surface area contributed by atoms with Crippen molar-refractivity contribution in [1.82, 2.24) is 10.2 Å². The summed E-state index contributed by atoms with van der Waals surface area (Å²) in [5.74, 6) is -0.0679. The van der Waals surface area contributed by atoms with Crippen LogP contribution in [0.4, 0.5) is 0 Å². The molecule has 2 rings (SSSR count). The van der Waals surface area contributed by atoms with Gasteiger partial charge in [-0.1, -0.05) is 30.0 Å². The molecule has 7 heteroatoms. The van der Waals surface area contributed by atoms with Crippen LogP contribution in [0.15, 0.2) is 22.4 Å². The molecule has 0 unspecified atom stereocenters. The lowest BCUT2D eigenvalue weighted by atomic mass is 10.1. The van der Waals surface area contributed by atoms with Crippen molar-refractivity contribution in [1.29, 1.82) is 0 Å². The first-order valence-corrected chi connectivity index (χ1v) is 9.46. The fraction of sp³-hybridized carbons (Fsp3) is 0.438. The third kappa shape index (κ3) is 5.44. The average Bonchev–Trinajstić information content (AvgIpc) is 3.01. The molecule has 0 bridgehead atoms. The van der Waals surface area contributed by atoms with E-state index in [2.05, 4.69) is 5.32 Å². The Kier molecular flexibility index (Phi) is 6.00. The summed E-state index contributed by atoms with van der Waals surface area (Å²) in [5.41, 5.74) is -0.234. The van der Waals surface area contributed by atoms with Gasteiger partial charge in [0, 0.05) is 23.4 Å². The van der Waals surface area contributed by atoms with E-state index >= 15 is 0 Å². The van der Waals surface area contributed by atoms with Crippen molar-refractivity contribution >= 4 is 57.5 Å². The Morgan fingerprint density at radius 1 is 1.43 bits per heavy atom. The zero-order chi connectivity index (χ0) is 17.0. The molecular weight excluding hydrogens is 348 g/mol. The minimum atomic E-state index is -0.234. The van der Waals surface area contributed by atoms with E-state index < -0.39 is 0 Å². The number of thiophene rings is 1. The predicted molar refractivity (Wildman–Crippen MR) is 101 cm³/mol. The molecule has 1 aromatic heterocycles. The summed E-state index contributed by atoms with van der Waals surface area (Å²) in [5, 5.41) is 4.89. The number of thioether (sulfide) groups is 1. The lowest BCUT2D eigenvalue weighted by molar-refractivity contribution is -0.124. The number of nitrogens with one attached hydrogen (secondary N) is 1. The lowest BCUT2D eigenvalue weighted by Crippen LogP contribution is -2.40. The number of hydrogen-bond donors (Lipinski definition) is 1. The average molecular weight is 369 g/mol. The number of amides is 2. The maximum absolute atomic E-state index is 12.4. The lowest BCUT2D eigenvalue weighted by Gasteiger charge is -2.21. The van der Waals surface area contributed by atoms with Crippen LogP contribution in [0, 0.1) is 0 Å². The summed E-state index contributed by atoms with van der Waals surface area (Å²) >= 11 is 8.20. The van der Waals surface area contributed by atoms with Gasteiger partial charge in [0.25, 0.3) is 5.91 Å². The molecule has 1 fully saturated rings. The number of carbonyl (C=O) groups is 2. The first kappa shape index (κ1) is 18.2. The van der Waals surface area contributed by atoms with Crippen molar-refractivity contribution in [3.8, 4) is 0 Å². The van der Waals surface area contributed by atoms with Gasteiger partial charge < -0.3 is 5.32 Å². The monoisotopic (exact) mass is 368 g/mol. The van der Waals surface area contributed by atoms with E-state index in [4.69, 9.17) is 12.2 Å².